The smallest absolute Gasteiger partial charge is 0.344 e. The summed E-state index contributed by atoms with van der Waals surface area (Å²) in [6, 6.07) is 5.03. The Morgan fingerprint density at radius 2 is 1.96 bits per heavy atom. The van der Waals surface area contributed by atoms with Crippen LogP contribution >= 0.6 is 0 Å². The van der Waals surface area contributed by atoms with Gasteiger partial charge in [0.1, 0.15) is 5.54 Å². The van der Waals surface area contributed by atoms with E-state index in [0.717, 1.165) is 19.3 Å². The van der Waals surface area contributed by atoms with Crippen LogP contribution < -0.4 is 15.5 Å². The van der Waals surface area contributed by atoms with Crippen molar-refractivity contribution in [3.8, 4) is 5.75 Å². The number of imide groups is 1. The van der Waals surface area contributed by atoms with Crippen LogP contribution in [0, 0.1) is 5.82 Å². The van der Waals surface area contributed by atoms with Crippen molar-refractivity contribution in [3.05, 3.63) is 30.1 Å². The first kappa shape index (κ1) is 17.2. The number of carbonyl (C=O) groups is 3. The molecule has 2 N–H and O–H groups in total. The van der Waals surface area contributed by atoms with Gasteiger partial charge in [-0.1, -0.05) is 31.4 Å². The molecule has 2 aliphatic rings. The number of hydrogen-bond acceptors (Lipinski definition) is 4. The van der Waals surface area contributed by atoms with Crippen molar-refractivity contribution in [3.63, 3.8) is 0 Å². The lowest BCUT2D eigenvalue weighted by Gasteiger charge is -2.30. The van der Waals surface area contributed by atoms with E-state index in [1.807, 2.05) is 0 Å². The molecule has 3 rings (SSSR count). The lowest BCUT2D eigenvalue weighted by molar-refractivity contribution is -0.142. The maximum Gasteiger partial charge on any atom is 0.344 e. The van der Waals surface area contributed by atoms with Crippen LogP contribution in [0.4, 0.5) is 9.18 Å². The first-order valence-corrected chi connectivity index (χ1v) is 8.31. The molecule has 7 nitrogen and oxygen atoms in total. The summed E-state index contributed by atoms with van der Waals surface area (Å²) >= 11 is 0. The van der Waals surface area contributed by atoms with Crippen LogP contribution in [0.5, 0.6) is 5.75 Å². The standard InChI is InChI=1S/C17H20FN3O4/c1-11(25-13-8-4-3-7-12(13)18)14(22)20-21-15(23)17(19-16(21)24)9-5-2-6-10-17/h3-4,7-8,11H,2,5-6,9-10H2,1H3,(H,19,24)(H,20,22). The fourth-order valence-electron chi connectivity index (χ4n) is 3.20. The average Bonchev–Trinajstić information content (AvgIpc) is 2.81. The van der Waals surface area contributed by atoms with Crippen LogP contribution in [0.15, 0.2) is 24.3 Å². The van der Waals surface area contributed by atoms with E-state index in [1.54, 1.807) is 6.07 Å². The van der Waals surface area contributed by atoms with Crippen molar-refractivity contribution in [2.24, 2.45) is 0 Å². The Morgan fingerprint density at radius 3 is 2.64 bits per heavy atom. The Morgan fingerprint density at radius 1 is 1.28 bits per heavy atom. The summed E-state index contributed by atoms with van der Waals surface area (Å²) in [6.45, 7) is 1.41. The lowest BCUT2D eigenvalue weighted by atomic mass is 9.82. The molecule has 1 saturated carbocycles. The Balaban J connectivity index is 1.65. The number of hydrazine groups is 1. The number of halogens is 1. The summed E-state index contributed by atoms with van der Waals surface area (Å²) in [4.78, 5) is 36.9. The zero-order valence-electron chi connectivity index (χ0n) is 13.9. The van der Waals surface area contributed by atoms with E-state index in [0.29, 0.717) is 17.9 Å². The summed E-state index contributed by atoms with van der Waals surface area (Å²) in [6.07, 6.45) is 2.75. The number of hydrogen-bond donors (Lipinski definition) is 2. The van der Waals surface area contributed by atoms with E-state index in [4.69, 9.17) is 4.74 Å². The maximum atomic E-state index is 13.6. The number of nitrogens with one attached hydrogen (secondary N) is 2. The van der Waals surface area contributed by atoms with Crippen LogP contribution in [0.2, 0.25) is 0 Å². The number of urea groups is 1. The fraction of sp³-hybridized carbons (Fsp3) is 0.471. The van der Waals surface area contributed by atoms with E-state index in [-0.39, 0.29) is 5.75 Å². The van der Waals surface area contributed by atoms with Gasteiger partial charge in [-0.15, -0.1) is 0 Å². The van der Waals surface area contributed by atoms with Crippen LogP contribution in [-0.2, 0) is 9.59 Å². The van der Waals surface area contributed by atoms with Gasteiger partial charge in [0.15, 0.2) is 17.7 Å². The van der Waals surface area contributed by atoms with Gasteiger partial charge in [-0.3, -0.25) is 15.0 Å². The van der Waals surface area contributed by atoms with Crippen LogP contribution in [0.3, 0.4) is 0 Å². The molecule has 1 aromatic rings. The summed E-state index contributed by atoms with van der Waals surface area (Å²) < 4.78 is 18.9. The number of carbonyl (C=O) groups excluding carboxylic acids is 3. The molecule has 0 bridgehead atoms. The van der Waals surface area contributed by atoms with E-state index in [9.17, 15) is 18.8 Å². The molecule has 1 saturated heterocycles. The summed E-state index contributed by atoms with van der Waals surface area (Å²) in [5.74, 6) is -1.84. The Labute approximate surface area is 144 Å². The first-order valence-electron chi connectivity index (χ1n) is 8.31. The van der Waals surface area contributed by atoms with E-state index < -0.39 is 35.3 Å². The monoisotopic (exact) mass is 349 g/mol. The highest BCUT2D eigenvalue weighted by atomic mass is 19.1. The van der Waals surface area contributed by atoms with Gasteiger partial charge in [0.25, 0.3) is 11.8 Å². The van der Waals surface area contributed by atoms with E-state index in [2.05, 4.69) is 10.7 Å². The molecule has 1 aliphatic carbocycles. The molecular formula is C17H20FN3O4. The van der Waals surface area contributed by atoms with Crippen molar-refractivity contribution in [1.29, 1.82) is 0 Å². The molecule has 1 heterocycles. The molecule has 25 heavy (non-hydrogen) atoms. The fourth-order valence-corrected chi connectivity index (χ4v) is 3.20. The van der Waals surface area contributed by atoms with Crippen molar-refractivity contribution in [2.75, 3.05) is 0 Å². The van der Waals surface area contributed by atoms with Gasteiger partial charge in [-0.2, -0.15) is 5.01 Å². The normalized spacial score (nSPS) is 20.3. The largest absolute Gasteiger partial charge is 0.478 e. The van der Waals surface area contributed by atoms with Gasteiger partial charge in [0, 0.05) is 0 Å². The van der Waals surface area contributed by atoms with Gasteiger partial charge in [0.05, 0.1) is 0 Å². The maximum absolute atomic E-state index is 13.6. The third-order valence-electron chi connectivity index (χ3n) is 4.60. The molecule has 8 heteroatoms. The summed E-state index contributed by atoms with van der Waals surface area (Å²) in [5, 5.41) is 3.40. The van der Waals surface area contributed by atoms with Crippen molar-refractivity contribution >= 4 is 17.8 Å². The number of benzene rings is 1. The number of nitrogens with zero attached hydrogens (tertiary/aromatic N) is 1. The second-order valence-electron chi connectivity index (χ2n) is 6.38. The molecule has 0 radical (unpaired) electrons. The Kier molecular flexibility index (Phi) is 4.61. The Bertz CT molecular complexity index is 703. The van der Waals surface area contributed by atoms with Gasteiger partial charge < -0.3 is 10.1 Å². The molecule has 1 aliphatic heterocycles. The molecule has 134 valence electrons. The lowest BCUT2D eigenvalue weighted by Crippen LogP contribution is -2.53. The zero-order valence-corrected chi connectivity index (χ0v) is 13.9. The predicted octanol–water partition coefficient (Wildman–Crippen LogP) is 1.88. The molecule has 2 fully saturated rings. The molecule has 1 atom stereocenters. The second-order valence-corrected chi connectivity index (χ2v) is 6.38. The van der Waals surface area contributed by atoms with Crippen LogP contribution in [-0.4, -0.2) is 34.5 Å². The minimum atomic E-state index is -1.08. The average molecular weight is 349 g/mol. The predicted molar refractivity (Wildman–Crippen MR) is 85.8 cm³/mol. The minimum absolute atomic E-state index is 0.0777. The van der Waals surface area contributed by atoms with Crippen molar-refractivity contribution < 1.29 is 23.5 Å². The number of amides is 4. The SMILES string of the molecule is CC(Oc1ccccc1F)C(=O)NN1C(=O)NC2(CCCCC2)C1=O. The zero-order chi connectivity index (χ0) is 18.0. The molecule has 0 aromatic heterocycles. The highest BCUT2D eigenvalue weighted by Gasteiger charge is 2.52. The van der Waals surface area contributed by atoms with Crippen molar-refractivity contribution in [2.45, 2.75) is 50.7 Å². The Hall–Kier alpha value is -2.64. The molecule has 1 spiro atoms. The molecular weight excluding hydrogens is 329 g/mol. The van der Waals surface area contributed by atoms with Crippen LogP contribution in [0.25, 0.3) is 0 Å². The minimum Gasteiger partial charge on any atom is -0.478 e. The summed E-state index contributed by atoms with van der Waals surface area (Å²) in [5.41, 5.74) is 1.36. The quantitative estimate of drug-likeness (QED) is 0.813. The van der Waals surface area contributed by atoms with Gasteiger partial charge in [0.2, 0.25) is 0 Å². The van der Waals surface area contributed by atoms with Gasteiger partial charge in [-0.05, 0) is 31.9 Å². The molecule has 4 amide bonds. The van der Waals surface area contributed by atoms with Gasteiger partial charge in [-0.25, -0.2) is 9.18 Å². The summed E-state index contributed by atoms with van der Waals surface area (Å²) in [7, 11) is 0. The number of rotatable bonds is 4. The topological polar surface area (TPSA) is 87.7 Å². The number of ether oxygens (including phenoxy) is 1. The first-order chi connectivity index (χ1) is 11.9. The van der Waals surface area contributed by atoms with Crippen LogP contribution in [0.1, 0.15) is 39.0 Å². The van der Waals surface area contributed by atoms with E-state index in [1.165, 1.54) is 25.1 Å². The highest BCUT2D eigenvalue weighted by molar-refractivity contribution is 6.08. The number of para-hydroxylation sites is 1. The molecule has 1 aromatic carbocycles. The highest BCUT2D eigenvalue weighted by Crippen LogP contribution is 2.33. The van der Waals surface area contributed by atoms with E-state index >= 15 is 0 Å². The third-order valence-corrected chi connectivity index (χ3v) is 4.60. The second kappa shape index (κ2) is 6.70. The third kappa shape index (κ3) is 3.29. The van der Waals surface area contributed by atoms with Gasteiger partial charge >= 0.3 is 6.03 Å². The molecule has 1 unspecified atom stereocenters. The van der Waals surface area contributed by atoms with Crippen molar-refractivity contribution in [1.82, 2.24) is 15.8 Å².